The molecule has 0 aromatic heterocycles. The van der Waals surface area contributed by atoms with Crippen LogP contribution < -0.4 is 0 Å². The lowest BCUT2D eigenvalue weighted by Gasteiger charge is -2.27. The van der Waals surface area contributed by atoms with E-state index in [1.807, 2.05) is 0 Å². The van der Waals surface area contributed by atoms with Gasteiger partial charge in [-0.1, -0.05) is 23.7 Å². The monoisotopic (exact) mass is 252 g/mol. The maximum absolute atomic E-state index is 12.5. The molecule has 1 rings (SSSR count). The van der Waals surface area contributed by atoms with E-state index in [9.17, 15) is 13.2 Å². The number of ether oxygens (including phenoxy) is 1. The van der Waals surface area contributed by atoms with E-state index in [1.54, 1.807) is 24.3 Å². The third-order valence-corrected chi connectivity index (χ3v) is 2.41. The normalized spacial score (nSPS) is 12.9. The lowest BCUT2D eigenvalue weighted by atomic mass is 10.1. The highest BCUT2D eigenvalue weighted by atomic mass is 35.5. The minimum atomic E-state index is -4.38. The molecule has 0 fully saturated rings. The van der Waals surface area contributed by atoms with Gasteiger partial charge >= 0.3 is 6.18 Å². The van der Waals surface area contributed by atoms with Gasteiger partial charge in [-0.15, -0.1) is 0 Å². The smallest absolute Gasteiger partial charge is 0.361 e. The standard InChI is InChI=1S/C11H12ClF3O/c1-10(2,11(13,14)15)16-7-8-4-3-5-9(12)6-8/h3-6H,7H2,1-2H3. The van der Waals surface area contributed by atoms with E-state index < -0.39 is 11.8 Å². The van der Waals surface area contributed by atoms with Gasteiger partial charge in [0.15, 0.2) is 5.60 Å². The molecule has 16 heavy (non-hydrogen) atoms. The van der Waals surface area contributed by atoms with Crippen LogP contribution >= 0.6 is 11.6 Å². The van der Waals surface area contributed by atoms with Crippen molar-refractivity contribution >= 4 is 11.6 Å². The molecule has 0 aliphatic carbocycles. The van der Waals surface area contributed by atoms with Crippen molar-refractivity contribution in [3.63, 3.8) is 0 Å². The van der Waals surface area contributed by atoms with Gasteiger partial charge in [-0.25, -0.2) is 0 Å². The minimum absolute atomic E-state index is 0.118. The van der Waals surface area contributed by atoms with Crippen LogP contribution in [-0.2, 0) is 11.3 Å². The second-order valence-corrected chi connectivity index (χ2v) is 4.36. The lowest BCUT2D eigenvalue weighted by molar-refractivity contribution is -0.267. The molecule has 1 nitrogen and oxygen atoms in total. The topological polar surface area (TPSA) is 9.23 Å². The number of rotatable bonds is 3. The average molecular weight is 253 g/mol. The van der Waals surface area contributed by atoms with E-state index >= 15 is 0 Å². The first-order valence-electron chi connectivity index (χ1n) is 4.67. The number of benzene rings is 1. The third-order valence-electron chi connectivity index (χ3n) is 2.17. The van der Waals surface area contributed by atoms with Gasteiger partial charge in [-0.2, -0.15) is 13.2 Å². The molecule has 0 heterocycles. The first-order chi connectivity index (χ1) is 7.22. The Kier molecular flexibility index (Phi) is 3.86. The summed E-state index contributed by atoms with van der Waals surface area (Å²) in [5.74, 6) is 0. The van der Waals surface area contributed by atoms with Crippen LogP contribution in [0.25, 0.3) is 0 Å². The second kappa shape index (κ2) is 4.63. The van der Waals surface area contributed by atoms with Crippen LogP contribution in [0.2, 0.25) is 5.02 Å². The van der Waals surface area contributed by atoms with Crippen molar-refractivity contribution in [2.24, 2.45) is 0 Å². The Morgan fingerprint density at radius 2 is 1.88 bits per heavy atom. The zero-order valence-corrected chi connectivity index (χ0v) is 9.69. The summed E-state index contributed by atoms with van der Waals surface area (Å²) in [6, 6.07) is 6.56. The largest absolute Gasteiger partial charge is 0.416 e. The number of alkyl halides is 3. The Labute approximate surface area is 97.2 Å². The number of hydrogen-bond donors (Lipinski definition) is 0. The SMILES string of the molecule is CC(C)(OCc1cccc(Cl)c1)C(F)(F)F. The Morgan fingerprint density at radius 3 is 2.38 bits per heavy atom. The minimum Gasteiger partial charge on any atom is -0.361 e. The summed E-state index contributed by atoms with van der Waals surface area (Å²) in [4.78, 5) is 0. The van der Waals surface area contributed by atoms with Crippen molar-refractivity contribution in [1.29, 1.82) is 0 Å². The number of hydrogen-bond acceptors (Lipinski definition) is 1. The van der Waals surface area contributed by atoms with E-state index in [0.29, 0.717) is 10.6 Å². The summed E-state index contributed by atoms with van der Waals surface area (Å²) in [5.41, 5.74) is -1.54. The number of halogens is 4. The van der Waals surface area contributed by atoms with Crippen LogP contribution in [0, 0.1) is 0 Å². The highest BCUT2D eigenvalue weighted by molar-refractivity contribution is 6.30. The van der Waals surface area contributed by atoms with Gasteiger partial charge < -0.3 is 4.74 Å². The van der Waals surface area contributed by atoms with Crippen molar-refractivity contribution in [2.45, 2.75) is 32.2 Å². The van der Waals surface area contributed by atoms with E-state index in [4.69, 9.17) is 16.3 Å². The molecule has 0 saturated carbocycles. The van der Waals surface area contributed by atoms with Crippen molar-refractivity contribution in [3.8, 4) is 0 Å². The van der Waals surface area contributed by atoms with Crippen molar-refractivity contribution in [2.75, 3.05) is 0 Å². The first-order valence-corrected chi connectivity index (χ1v) is 5.05. The van der Waals surface area contributed by atoms with E-state index in [1.165, 1.54) is 0 Å². The average Bonchev–Trinajstić information content (AvgIpc) is 2.13. The molecule has 0 amide bonds. The van der Waals surface area contributed by atoms with Gasteiger partial charge in [0.25, 0.3) is 0 Å². The van der Waals surface area contributed by atoms with Gasteiger partial charge in [0.1, 0.15) is 0 Å². The summed E-state index contributed by atoms with van der Waals surface area (Å²) >= 11 is 5.71. The van der Waals surface area contributed by atoms with Crippen molar-refractivity contribution in [1.82, 2.24) is 0 Å². The summed E-state index contributed by atoms with van der Waals surface area (Å²) in [6.07, 6.45) is -4.38. The molecule has 0 radical (unpaired) electrons. The van der Waals surface area contributed by atoms with Crippen LogP contribution in [0.1, 0.15) is 19.4 Å². The van der Waals surface area contributed by atoms with E-state index in [2.05, 4.69) is 0 Å². The van der Waals surface area contributed by atoms with Crippen LogP contribution in [-0.4, -0.2) is 11.8 Å². The van der Waals surface area contributed by atoms with Crippen LogP contribution in [0.3, 0.4) is 0 Å². The highest BCUT2D eigenvalue weighted by Crippen LogP contribution is 2.33. The zero-order valence-electron chi connectivity index (χ0n) is 8.94. The van der Waals surface area contributed by atoms with E-state index in [-0.39, 0.29) is 6.61 Å². The third kappa shape index (κ3) is 3.39. The predicted octanol–water partition coefficient (Wildman–Crippen LogP) is 4.20. The second-order valence-electron chi connectivity index (χ2n) is 3.93. The summed E-state index contributed by atoms with van der Waals surface area (Å²) in [5, 5.41) is 0.478. The molecule has 0 spiro atoms. The molecule has 1 aromatic rings. The Morgan fingerprint density at radius 1 is 1.25 bits per heavy atom. The van der Waals surface area contributed by atoms with Crippen LogP contribution in [0.15, 0.2) is 24.3 Å². The Balaban J connectivity index is 2.65. The highest BCUT2D eigenvalue weighted by Gasteiger charge is 2.48. The maximum Gasteiger partial charge on any atom is 0.416 e. The molecule has 90 valence electrons. The fourth-order valence-electron chi connectivity index (χ4n) is 0.972. The molecule has 1 aromatic carbocycles. The van der Waals surface area contributed by atoms with Gasteiger partial charge in [0.2, 0.25) is 0 Å². The molecule has 0 saturated heterocycles. The lowest BCUT2D eigenvalue weighted by Crippen LogP contribution is -2.41. The fraction of sp³-hybridized carbons (Fsp3) is 0.455. The molecule has 0 atom stereocenters. The van der Waals surface area contributed by atoms with Crippen LogP contribution in [0.4, 0.5) is 13.2 Å². The van der Waals surface area contributed by atoms with Gasteiger partial charge in [-0.3, -0.25) is 0 Å². The van der Waals surface area contributed by atoms with Crippen molar-refractivity contribution in [3.05, 3.63) is 34.9 Å². The van der Waals surface area contributed by atoms with Gasteiger partial charge in [-0.05, 0) is 31.5 Å². The quantitative estimate of drug-likeness (QED) is 0.783. The molecule has 0 bridgehead atoms. The van der Waals surface area contributed by atoms with Crippen molar-refractivity contribution < 1.29 is 17.9 Å². The van der Waals surface area contributed by atoms with Crippen LogP contribution in [0.5, 0.6) is 0 Å². The molecule has 0 N–H and O–H groups in total. The first kappa shape index (κ1) is 13.3. The Bertz CT molecular complexity index is 360. The molecular weight excluding hydrogens is 241 g/mol. The summed E-state index contributed by atoms with van der Waals surface area (Å²) < 4.78 is 42.2. The van der Waals surface area contributed by atoms with E-state index in [0.717, 1.165) is 13.8 Å². The maximum atomic E-state index is 12.5. The summed E-state index contributed by atoms with van der Waals surface area (Å²) in [7, 11) is 0. The molecule has 5 heteroatoms. The summed E-state index contributed by atoms with van der Waals surface area (Å²) in [6.45, 7) is 1.88. The molecule has 0 unspecified atom stereocenters. The predicted molar refractivity (Wildman–Crippen MR) is 56.4 cm³/mol. The Hall–Kier alpha value is -0.740. The zero-order chi connectivity index (χ0) is 12.4. The van der Waals surface area contributed by atoms with Gasteiger partial charge in [0.05, 0.1) is 6.61 Å². The van der Waals surface area contributed by atoms with Gasteiger partial charge in [0, 0.05) is 5.02 Å². The molecule has 0 aliphatic heterocycles. The fourth-order valence-corrected chi connectivity index (χ4v) is 1.19. The molecule has 0 aliphatic rings. The molecular formula is C11H12ClF3O.